The molecule has 2 aromatic carbocycles. The summed E-state index contributed by atoms with van der Waals surface area (Å²) < 4.78 is 33.4. The molecule has 3 rings (SSSR count). The smallest absolute Gasteiger partial charge is 0.257 e. The third kappa shape index (κ3) is 6.75. The summed E-state index contributed by atoms with van der Waals surface area (Å²) in [7, 11) is -3.56. The van der Waals surface area contributed by atoms with E-state index in [4.69, 9.17) is 17.0 Å². The van der Waals surface area contributed by atoms with Gasteiger partial charge in [0.1, 0.15) is 5.75 Å². The number of amides is 1. The molecule has 1 saturated carbocycles. The van der Waals surface area contributed by atoms with Gasteiger partial charge in [-0.25, -0.2) is 13.1 Å². The van der Waals surface area contributed by atoms with Gasteiger partial charge in [0.05, 0.1) is 11.5 Å². The van der Waals surface area contributed by atoms with E-state index in [1.807, 2.05) is 6.92 Å². The van der Waals surface area contributed by atoms with Crippen LogP contribution in [0.1, 0.15) is 49.4 Å². The Hall–Kier alpha value is -2.49. The van der Waals surface area contributed by atoms with Crippen molar-refractivity contribution in [3.8, 4) is 5.75 Å². The Labute approximate surface area is 188 Å². The standard InChI is InChI=1S/C22H27N3O4S2/c1-2-29-19-10-6-7-16(15-19)21(26)24-22(30)23-17-11-13-20(14-12-17)31(27,28)25-18-8-4-3-5-9-18/h6-7,10-15,18,25H,2-5,8-9H2,1H3,(H2,23,24,26,30). The highest BCUT2D eigenvalue weighted by molar-refractivity contribution is 7.89. The number of ether oxygens (including phenoxy) is 1. The summed E-state index contributed by atoms with van der Waals surface area (Å²) in [4.78, 5) is 12.6. The Morgan fingerprint density at radius 1 is 1.10 bits per heavy atom. The van der Waals surface area contributed by atoms with Crippen LogP contribution in [0.2, 0.25) is 0 Å². The van der Waals surface area contributed by atoms with E-state index in [0.29, 0.717) is 23.6 Å². The summed E-state index contributed by atoms with van der Waals surface area (Å²) in [5.74, 6) is 0.239. The number of hydrogen-bond acceptors (Lipinski definition) is 5. The summed E-state index contributed by atoms with van der Waals surface area (Å²) in [6.07, 6.45) is 5.01. The number of carbonyl (C=O) groups is 1. The Bertz CT molecular complexity index is 1020. The third-order valence-corrected chi connectivity index (χ3v) is 6.72. The maximum Gasteiger partial charge on any atom is 0.257 e. The molecule has 0 unspecified atom stereocenters. The van der Waals surface area contributed by atoms with Crippen molar-refractivity contribution in [2.45, 2.75) is 50.0 Å². The van der Waals surface area contributed by atoms with Crippen molar-refractivity contribution in [1.29, 1.82) is 0 Å². The fourth-order valence-corrected chi connectivity index (χ4v) is 4.97. The van der Waals surface area contributed by atoms with Gasteiger partial charge in [-0.05, 0) is 74.4 Å². The zero-order valence-electron chi connectivity index (χ0n) is 17.4. The van der Waals surface area contributed by atoms with E-state index in [2.05, 4.69) is 15.4 Å². The van der Waals surface area contributed by atoms with Gasteiger partial charge in [0.25, 0.3) is 5.91 Å². The van der Waals surface area contributed by atoms with Crippen molar-refractivity contribution in [2.24, 2.45) is 0 Å². The lowest BCUT2D eigenvalue weighted by atomic mass is 9.96. The average Bonchev–Trinajstić information content (AvgIpc) is 2.75. The third-order valence-electron chi connectivity index (χ3n) is 4.98. The number of hydrogen-bond donors (Lipinski definition) is 3. The maximum atomic E-state index is 12.6. The van der Waals surface area contributed by atoms with Crippen LogP contribution < -0.4 is 20.1 Å². The minimum Gasteiger partial charge on any atom is -0.494 e. The molecule has 0 radical (unpaired) electrons. The SMILES string of the molecule is CCOc1cccc(C(=O)NC(=S)Nc2ccc(S(=O)(=O)NC3CCCCC3)cc2)c1. The van der Waals surface area contributed by atoms with E-state index in [-0.39, 0.29) is 22.0 Å². The van der Waals surface area contributed by atoms with E-state index in [0.717, 1.165) is 32.1 Å². The molecule has 0 aliphatic heterocycles. The number of anilines is 1. The number of benzene rings is 2. The molecule has 7 nitrogen and oxygen atoms in total. The van der Waals surface area contributed by atoms with Gasteiger partial charge < -0.3 is 10.1 Å². The minimum atomic E-state index is -3.56. The van der Waals surface area contributed by atoms with Gasteiger partial charge in [-0.1, -0.05) is 25.3 Å². The van der Waals surface area contributed by atoms with Gasteiger partial charge in [0, 0.05) is 17.3 Å². The molecular weight excluding hydrogens is 434 g/mol. The van der Waals surface area contributed by atoms with Crippen LogP contribution in [0.15, 0.2) is 53.4 Å². The van der Waals surface area contributed by atoms with Crippen LogP contribution in [-0.4, -0.2) is 32.1 Å². The molecule has 9 heteroatoms. The molecule has 0 spiro atoms. The maximum absolute atomic E-state index is 12.6. The first-order chi connectivity index (χ1) is 14.9. The lowest BCUT2D eigenvalue weighted by Crippen LogP contribution is -2.36. The van der Waals surface area contributed by atoms with Crippen LogP contribution >= 0.6 is 12.2 Å². The molecule has 0 bridgehead atoms. The first kappa shape index (κ1) is 23.2. The second-order valence-corrected chi connectivity index (χ2v) is 9.47. The molecule has 1 amide bonds. The minimum absolute atomic E-state index is 0.000528. The topological polar surface area (TPSA) is 96.5 Å². The van der Waals surface area contributed by atoms with Crippen molar-refractivity contribution in [2.75, 3.05) is 11.9 Å². The van der Waals surface area contributed by atoms with E-state index in [9.17, 15) is 13.2 Å². The van der Waals surface area contributed by atoms with Crippen LogP contribution in [0.5, 0.6) is 5.75 Å². The van der Waals surface area contributed by atoms with E-state index < -0.39 is 10.0 Å². The lowest BCUT2D eigenvalue weighted by Gasteiger charge is -2.22. The summed E-state index contributed by atoms with van der Waals surface area (Å²) in [5, 5.41) is 5.62. The fourth-order valence-electron chi connectivity index (χ4n) is 3.46. The molecule has 1 aliphatic rings. The molecule has 2 aromatic rings. The van der Waals surface area contributed by atoms with Crippen molar-refractivity contribution in [1.82, 2.24) is 10.0 Å². The van der Waals surface area contributed by atoms with Crippen LogP contribution in [-0.2, 0) is 10.0 Å². The Kier molecular flexibility index (Phi) is 8.00. The number of carbonyl (C=O) groups excluding carboxylic acids is 1. The monoisotopic (exact) mass is 461 g/mol. The van der Waals surface area contributed by atoms with Crippen LogP contribution in [0, 0.1) is 0 Å². The zero-order chi connectivity index (χ0) is 22.3. The van der Waals surface area contributed by atoms with Gasteiger partial charge in [-0.15, -0.1) is 0 Å². The largest absolute Gasteiger partial charge is 0.494 e. The number of sulfonamides is 1. The summed E-state index contributed by atoms with van der Waals surface area (Å²) in [6, 6.07) is 13.1. The first-order valence-corrected chi connectivity index (χ1v) is 12.2. The van der Waals surface area contributed by atoms with Gasteiger partial charge >= 0.3 is 0 Å². The van der Waals surface area contributed by atoms with E-state index >= 15 is 0 Å². The Morgan fingerprint density at radius 2 is 1.81 bits per heavy atom. The quantitative estimate of drug-likeness (QED) is 0.543. The van der Waals surface area contributed by atoms with Gasteiger partial charge in [-0.2, -0.15) is 0 Å². The van der Waals surface area contributed by atoms with Crippen LogP contribution in [0.25, 0.3) is 0 Å². The van der Waals surface area contributed by atoms with Crippen molar-refractivity contribution in [3.63, 3.8) is 0 Å². The van der Waals surface area contributed by atoms with Gasteiger partial charge in [0.15, 0.2) is 5.11 Å². The highest BCUT2D eigenvalue weighted by Gasteiger charge is 2.21. The molecular formula is C22H27N3O4S2. The van der Waals surface area contributed by atoms with E-state index in [1.165, 1.54) is 12.1 Å². The molecule has 0 heterocycles. The fraction of sp³-hybridized carbons (Fsp3) is 0.364. The Balaban J connectivity index is 1.57. The molecule has 1 fully saturated rings. The van der Waals surface area contributed by atoms with Crippen molar-refractivity contribution < 1.29 is 17.9 Å². The molecule has 0 atom stereocenters. The summed E-state index contributed by atoms with van der Waals surface area (Å²) in [6.45, 7) is 2.38. The lowest BCUT2D eigenvalue weighted by molar-refractivity contribution is 0.0977. The summed E-state index contributed by atoms with van der Waals surface area (Å²) >= 11 is 5.21. The van der Waals surface area contributed by atoms with Crippen molar-refractivity contribution in [3.05, 3.63) is 54.1 Å². The predicted octanol–water partition coefficient (Wildman–Crippen LogP) is 3.82. The highest BCUT2D eigenvalue weighted by Crippen LogP contribution is 2.21. The van der Waals surface area contributed by atoms with Gasteiger partial charge in [0.2, 0.25) is 10.0 Å². The molecule has 0 aromatic heterocycles. The van der Waals surface area contributed by atoms with Crippen LogP contribution in [0.3, 0.4) is 0 Å². The zero-order valence-corrected chi connectivity index (χ0v) is 19.0. The van der Waals surface area contributed by atoms with E-state index in [1.54, 1.807) is 36.4 Å². The Morgan fingerprint density at radius 3 is 2.48 bits per heavy atom. The second kappa shape index (κ2) is 10.7. The number of rotatable bonds is 7. The van der Waals surface area contributed by atoms with Crippen LogP contribution in [0.4, 0.5) is 5.69 Å². The number of nitrogens with one attached hydrogen (secondary N) is 3. The molecule has 31 heavy (non-hydrogen) atoms. The van der Waals surface area contributed by atoms with Crippen molar-refractivity contribution >= 4 is 38.9 Å². The first-order valence-electron chi connectivity index (χ1n) is 10.3. The molecule has 1 aliphatic carbocycles. The number of thiocarbonyl (C=S) groups is 1. The van der Waals surface area contributed by atoms with Gasteiger partial charge in [-0.3, -0.25) is 10.1 Å². The molecule has 0 saturated heterocycles. The average molecular weight is 462 g/mol. The summed E-state index contributed by atoms with van der Waals surface area (Å²) in [5.41, 5.74) is 0.996. The normalized spacial score (nSPS) is 14.6. The predicted molar refractivity (Wildman–Crippen MR) is 125 cm³/mol. The molecule has 166 valence electrons. The highest BCUT2D eigenvalue weighted by atomic mass is 32.2. The second-order valence-electron chi connectivity index (χ2n) is 7.35. The molecule has 3 N–H and O–H groups in total.